The van der Waals surface area contributed by atoms with Crippen LogP contribution in [0.15, 0.2) is 53.0 Å². The Kier molecular flexibility index (Phi) is 12.6. The summed E-state index contributed by atoms with van der Waals surface area (Å²) in [5.74, 6) is -2.01. The molecule has 0 aliphatic carbocycles. The van der Waals surface area contributed by atoms with Crippen molar-refractivity contribution in [1.29, 1.82) is 0 Å². The maximum Gasteiger partial charge on any atom is 0.333 e. The summed E-state index contributed by atoms with van der Waals surface area (Å²) < 4.78 is 30.0. The number of esters is 1. The number of hydrogen-bond donors (Lipinski definition) is 1. The van der Waals surface area contributed by atoms with Gasteiger partial charge in [0.05, 0.1) is 17.3 Å². The Morgan fingerprint density at radius 2 is 1.50 bits per heavy atom. The molecule has 0 aliphatic rings. The van der Waals surface area contributed by atoms with Crippen molar-refractivity contribution >= 4 is 21.8 Å². The van der Waals surface area contributed by atoms with E-state index in [0.717, 1.165) is 56.9 Å². The zero-order chi connectivity index (χ0) is 24.0. The second kappa shape index (κ2) is 14.6. The van der Waals surface area contributed by atoms with E-state index >= 15 is 0 Å². The van der Waals surface area contributed by atoms with Crippen LogP contribution in [0.2, 0.25) is 0 Å². The number of ether oxygens (including phenoxy) is 1. The molecule has 0 bridgehead atoms. The van der Waals surface area contributed by atoms with Crippen molar-refractivity contribution in [3.8, 4) is 0 Å². The third-order valence-corrected chi connectivity index (χ3v) is 6.75. The fourth-order valence-corrected chi connectivity index (χ4v) is 4.48. The minimum atomic E-state index is -3.68. The van der Waals surface area contributed by atoms with Crippen molar-refractivity contribution in [2.45, 2.75) is 76.5 Å². The Labute approximate surface area is 192 Å². The number of carbonyl (C=O) groups excluding carboxylic acids is 1. The molecule has 0 atom stereocenters. The quantitative estimate of drug-likeness (QED) is 0.200. The van der Waals surface area contributed by atoms with Gasteiger partial charge < -0.3 is 9.84 Å². The number of carbonyl (C=O) groups is 2. The van der Waals surface area contributed by atoms with Crippen LogP contribution in [0, 0.1) is 6.92 Å². The summed E-state index contributed by atoms with van der Waals surface area (Å²) in [6.45, 7) is 7.47. The summed E-state index contributed by atoms with van der Waals surface area (Å²) in [6.07, 6.45) is 10.1. The van der Waals surface area contributed by atoms with Crippen LogP contribution in [0.1, 0.15) is 70.3 Å². The van der Waals surface area contributed by atoms with Gasteiger partial charge in [0.15, 0.2) is 9.84 Å². The molecule has 178 valence electrons. The average molecular weight is 465 g/mol. The Balaban J connectivity index is 2.23. The summed E-state index contributed by atoms with van der Waals surface area (Å²) in [7, 11) is -3.68. The molecule has 0 aromatic heterocycles. The van der Waals surface area contributed by atoms with Gasteiger partial charge in [0.1, 0.15) is 0 Å². The molecule has 0 heterocycles. The van der Waals surface area contributed by atoms with Crippen molar-refractivity contribution in [2.75, 3.05) is 12.4 Å². The predicted octanol–water partition coefficient (Wildman–Crippen LogP) is 5.41. The molecular formula is C25H36O6S. The number of benzene rings is 1. The van der Waals surface area contributed by atoms with E-state index in [-0.39, 0.29) is 16.4 Å². The molecule has 0 saturated carbocycles. The second-order valence-electron chi connectivity index (χ2n) is 8.14. The first-order valence-corrected chi connectivity index (χ1v) is 12.8. The maximum absolute atomic E-state index is 12.5. The lowest BCUT2D eigenvalue weighted by atomic mass is 10.1. The van der Waals surface area contributed by atoms with E-state index in [0.29, 0.717) is 18.6 Å². The fourth-order valence-electron chi connectivity index (χ4n) is 3.11. The van der Waals surface area contributed by atoms with Gasteiger partial charge in [-0.3, -0.25) is 0 Å². The molecule has 0 radical (unpaired) electrons. The summed E-state index contributed by atoms with van der Waals surface area (Å²) in [5.41, 5.74) is 1.29. The highest BCUT2D eigenvalue weighted by atomic mass is 32.2. The molecule has 0 fully saturated rings. The highest BCUT2D eigenvalue weighted by Crippen LogP contribution is 2.17. The molecule has 0 amide bonds. The van der Waals surface area contributed by atoms with Crippen LogP contribution in [-0.4, -0.2) is 37.8 Å². The van der Waals surface area contributed by atoms with Crippen molar-refractivity contribution in [3.63, 3.8) is 0 Å². The third kappa shape index (κ3) is 11.3. The molecule has 1 rings (SSSR count). The van der Waals surface area contributed by atoms with Crippen molar-refractivity contribution < 1.29 is 27.9 Å². The molecule has 0 unspecified atom stereocenters. The van der Waals surface area contributed by atoms with Crippen LogP contribution in [0.25, 0.3) is 0 Å². The minimum Gasteiger partial charge on any atom is -0.478 e. The first-order valence-electron chi connectivity index (χ1n) is 11.2. The van der Waals surface area contributed by atoms with Gasteiger partial charge in [0.25, 0.3) is 0 Å². The summed E-state index contributed by atoms with van der Waals surface area (Å²) in [6, 6.07) is 6.43. The fraction of sp³-hybridized carbons (Fsp3) is 0.520. The largest absolute Gasteiger partial charge is 0.478 e. The van der Waals surface area contributed by atoms with Crippen LogP contribution >= 0.6 is 0 Å². The molecule has 0 spiro atoms. The van der Waals surface area contributed by atoms with Gasteiger partial charge in [-0.05, 0) is 45.2 Å². The first-order chi connectivity index (χ1) is 15.1. The van der Waals surface area contributed by atoms with Gasteiger partial charge >= 0.3 is 11.9 Å². The van der Waals surface area contributed by atoms with E-state index in [1.807, 2.05) is 6.92 Å². The van der Waals surface area contributed by atoms with E-state index in [4.69, 9.17) is 4.74 Å². The van der Waals surface area contributed by atoms with Crippen LogP contribution in [0.5, 0.6) is 0 Å². The molecule has 0 aliphatic heterocycles. The highest BCUT2D eigenvalue weighted by molar-refractivity contribution is 7.91. The second-order valence-corrected chi connectivity index (χ2v) is 10.1. The topological polar surface area (TPSA) is 97.7 Å². The lowest BCUT2D eigenvalue weighted by Crippen LogP contribution is -2.15. The molecule has 1 aromatic rings. The summed E-state index contributed by atoms with van der Waals surface area (Å²) >= 11 is 0. The van der Waals surface area contributed by atoms with E-state index < -0.39 is 21.6 Å². The lowest BCUT2D eigenvalue weighted by molar-refractivity contribution is -0.139. The van der Waals surface area contributed by atoms with Crippen molar-refractivity contribution in [3.05, 3.63) is 53.6 Å². The molecule has 1 N–H and O–H groups in total. The van der Waals surface area contributed by atoms with Crippen LogP contribution < -0.4 is 0 Å². The van der Waals surface area contributed by atoms with Gasteiger partial charge in [-0.25, -0.2) is 18.0 Å². The van der Waals surface area contributed by atoms with E-state index in [9.17, 15) is 23.1 Å². The molecule has 7 heteroatoms. The Hall–Kier alpha value is -2.41. The zero-order valence-electron chi connectivity index (χ0n) is 19.3. The van der Waals surface area contributed by atoms with E-state index in [1.54, 1.807) is 25.1 Å². The maximum atomic E-state index is 12.5. The average Bonchev–Trinajstić information content (AvgIpc) is 2.73. The summed E-state index contributed by atoms with van der Waals surface area (Å²) in [5, 5.41) is 9.38. The smallest absolute Gasteiger partial charge is 0.333 e. The number of carboxylic acids is 1. The molecule has 6 nitrogen and oxygen atoms in total. The van der Waals surface area contributed by atoms with Gasteiger partial charge in [0, 0.05) is 11.1 Å². The first kappa shape index (κ1) is 27.6. The molecule has 32 heavy (non-hydrogen) atoms. The Bertz CT molecular complexity index is 882. The van der Waals surface area contributed by atoms with Gasteiger partial charge in [-0.1, -0.05) is 68.9 Å². The predicted molar refractivity (Wildman–Crippen MR) is 126 cm³/mol. The highest BCUT2D eigenvalue weighted by Gasteiger charge is 2.20. The lowest BCUT2D eigenvalue weighted by Gasteiger charge is -2.06. The van der Waals surface area contributed by atoms with E-state index in [1.165, 1.54) is 12.1 Å². The van der Waals surface area contributed by atoms with Crippen LogP contribution in [0.3, 0.4) is 0 Å². The Morgan fingerprint density at radius 1 is 0.969 bits per heavy atom. The number of hydrogen-bond acceptors (Lipinski definition) is 5. The zero-order valence-corrected chi connectivity index (χ0v) is 20.1. The number of rotatable bonds is 16. The number of aryl methyl sites for hydroxylation is 1. The Morgan fingerprint density at radius 3 is 2.03 bits per heavy atom. The number of sulfone groups is 1. The summed E-state index contributed by atoms with van der Waals surface area (Å²) in [4.78, 5) is 22.9. The normalized spacial score (nSPS) is 11.9. The monoisotopic (exact) mass is 464 g/mol. The number of unbranched alkanes of at least 4 members (excludes halogenated alkanes) is 8. The standard InChI is InChI=1S/C25H36O6S/c1-20(2)25(28)31-18-12-10-8-6-4-5-7-9-11-13-22(24(26)27)19-32(29,30)23-16-14-21(3)15-17-23/h13-17H,1,4-12,18-19H2,2-3H3,(H,26,27). The van der Waals surface area contributed by atoms with Crippen molar-refractivity contribution in [2.24, 2.45) is 0 Å². The van der Waals surface area contributed by atoms with Gasteiger partial charge in [0.2, 0.25) is 0 Å². The molecular weight excluding hydrogens is 428 g/mol. The molecule has 0 saturated heterocycles. The number of allylic oxidation sites excluding steroid dienone is 1. The van der Waals surface area contributed by atoms with E-state index in [2.05, 4.69) is 6.58 Å². The van der Waals surface area contributed by atoms with Gasteiger partial charge in [-0.2, -0.15) is 0 Å². The molecule has 1 aromatic carbocycles. The van der Waals surface area contributed by atoms with Crippen molar-refractivity contribution in [1.82, 2.24) is 0 Å². The number of aliphatic carboxylic acids is 1. The van der Waals surface area contributed by atoms with Crippen LogP contribution in [-0.2, 0) is 24.2 Å². The van der Waals surface area contributed by atoms with Gasteiger partial charge in [-0.15, -0.1) is 0 Å². The van der Waals surface area contributed by atoms with Crippen LogP contribution in [0.4, 0.5) is 0 Å². The number of carboxylic acid groups (broad SMARTS) is 1. The SMILES string of the molecule is C=C(C)C(=O)OCCCCCCCCCCC=C(CS(=O)(=O)c1ccc(C)cc1)C(=O)O. The minimum absolute atomic E-state index is 0.0714. The third-order valence-electron chi connectivity index (χ3n) is 5.07.